The minimum atomic E-state index is 0.292. The molecule has 0 atom stereocenters. The highest BCUT2D eigenvalue weighted by Crippen LogP contribution is 2.23. The Kier molecular flexibility index (Phi) is 8.91. The maximum atomic E-state index is 12.3. The number of hydrogen-bond acceptors (Lipinski definition) is 4. The fraction of sp³-hybridized carbons (Fsp3) is 0.550. The van der Waals surface area contributed by atoms with Crippen LogP contribution in [-0.2, 0) is 9.53 Å². The molecule has 0 spiro atoms. The van der Waals surface area contributed by atoms with Crippen LogP contribution in [0.5, 0.6) is 5.75 Å². The molecule has 0 aromatic heterocycles. The van der Waals surface area contributed by atoms with Crippen molar-refractivity contribution in [2.24, 2.45) is 5.92 Å². The van der Waals surface area contributed by atoms with Gasteiger partial charge in [0.2, 0.25) is 5.91 Å². The highest BCUT2D eigenvalue weighted by atomic mass is 32.2. The first kappa shape index (κ1) is 19.9. The number of rotatable bonds is 10. The van der Waals surface area contributed by atoms with Crippen molar-refractivity contribution in [3.8, 4) is 5.75 Å². The standard InChI is InChI=1S/C20H29NO3S/c1-3-14-24-16-17-10-12-21(13-11-17)20(22)5-4-15-25-19-8-6-18(23-2)7-9-19/h3,6-9,17H,1,4-5,10-16H2,2H3. The van der Waals surface area contributed by atoms with Crippen molar-refractivity contribution < 1.29 is 14.3 Å². The van der Waals surface area contributed by atoms with Crippen LogP contribution in [0.4, 0.5) is 0 Å². The number of carbonyl (C=O) groups is 1. The third-order valence-electron chi connectivity index (χ3n) is 4.42. The summed E-state index contributed by atoms with van der Waals surface area (Å²) in [6.45, 7) is 6.79. The molecule has 0 saturated carbocycles. The molecule has 138 valence electrons. The predicted molar refractivity (Wildman–Crippen MR) is 103 cm³/mol. The second kappa shape index (κ2) is 11.2. The lowest BCUT2D eigenvalue weighted by Gasteiger charge is -2.32. The quantitative estimate of drug-likeness (QED) is 0.358. The molecule has 1 aliphatic heterocycles. The zero-order chi connectivity index (χ0) is 17.9. The van der Waals surface area contributed by atoms with Gasteiger partial charge in [-0.2, -0.15) is 0 Å². The van der Waals surface area contributed by atoms with E-state index >= 15 is 0 Å². The number of piperidine rings is 1. The van der Waals surface area contributed by atoms with E-state index in [1.165, 1.54) is 4.90 Å². The summed E-state index contributed by atoms with van der Waals surface area (Å²) in [6.07, 6.45) is 5.42. The maximum Gasteiger partial charge on any atom is 0.222 e. The summed E-state index contributed by atoms with van der Waals surface area (Å²) >= 11 is 1.79. The molecule has 1 heterocycles. The Morgan fingerprint density at radius 2 is 2.04 bits per heavy atom. The molecule has 5 heteroatoms. The Morgan fingerprint density at radius 3 is 2.68 bits per heavy atom. The summed E-state index contributed by atoms with van der Waals surface area (Å²) in [5, 5.41) is 0. The highest BCUT2D eigenvalue weighted by molar-refractivity contribution is 7.99. The van der Waals surface area contributed by atoms with Gasteiger partial charge in [-0.15, -0.1) is 18.3 Å². The molecule has 2 rings (SSSR count). The van der Waals surface area contributed by atoms with Gasteiger partial charge in [0.15, 0.2) is 0 Å². The van der Waals surface area contributed by atoms with E-state index in [1.807, 2.05) is 17.0 Å². The first-order valence-corrected chi connectivity index (χ1v) is 9.94. The molecule has 25 heavy (non-hydrogen) atoms. The Morgan fingerprint density at radius 1 is 1.32 bits per heavy atom. The van der Waals surface area contributed by atoms with E-state index < -0.39 is 0 Å². The Hall–Kier alpha value is -1.46. The smallest absolute Gasteiger partial charge is 0.222 e. The van der Waals surface area contributed by atoms with Crippen LogP contribution in [0.1, 0.15) is 25.7 Å². The molecule has 0 unspecified atom stereocenters. The summed E-state index contributed by atoms with van der Waals surface area (Å²) in [4.78, 5) is 15.5. The van der Waals surface area contributed by atoms with E-state index in [-0.39, 0.29) is 0 Å². The zero-order valence-corrected chi connectivity index (χ0v) is 15.9. The average Bonchev–Trinajstić information content (AvgIpc) is 2.66. The molecular weight excluding hydrogens is 334 g/mol. The number of ether oxygens (including phenoxy) is 2. The third kappa shape index (κ3) is 7.12. The molecule has 0 N–H and O–H groups in total. The van der Waals surface area contributed by atoms with Gasteiger partial charge in [-0.1, -0.05) is 6.08 Å². The zero-order valence-electron chi connectivity index (χ0n) is 15.1. The molecule has 1 fully saturated rings. The van der Waals surface area contributed by atoms with Gasteiger partial charge in [-0.25, -0.2) is 0 Å². The van der Waals surface area contributed by atoms with Gasteiger partial charge in [-0.3, -0.25) is 4.79 Å². The van der Waals surface area contributed by atoms with Gasteiger partial charge >= 0.3 is 0 Å². The topological polar surface area (TPSA) is 38.8 Å². The van der Waals surface area contributed by atoms with Gasteiger partial charge in [0, 0.05) is 31.0 Å². The summed E-state index contributed by atoms with van der Waals surface area (Å²) in [5.41, 5.74) is 0. The second-order valence-corrected chi connectivity index (χ2v) is 7.45. The maximum absolute atomic E-state index is 12.3. The Labute approximate surface area is 155 Å². The molecular formula is C20H29NO3S. The lowest BCUT2D eigenvalue weighted by Crippen LogP contribution is -2.39. The molecule has 0 aliphatic carbocycles. The summed E-state index contributed by atoms with van der Waals surface area (Å²) in [5.74, 6) is 2.71. The number of methoxy groups -OCH3 is 1. The number of benzene rings is 1. The molecule has 4 nitrogen and oxygen atoms in total. The minimum Gasteiger partial charge on any atom is -0.497 e. The molecule has 1 saturated heterocycles. The number of thioether (sulfide) groups is 1. The first-order valence-electron chi connectivity index (χ1n) is 8.96. The van der Waals surface area contributed by atoms with Crippen molar-refractivity contribution in [2.75, 3.05) is 39.2 Å². The first-order chi connectivity index (χ1) is 12.2. The van der Waals surface area contributed by atoms with Crippen molar-refractivity contribution in [1.82, 2.24) is 4.90 Å². The van der Waals surface area contributed by atoms with E-state index in [4.69, 9.17) is 9.47 Å². The molecule has 0 radical (unpaired) electrons. The Balaban J connectivity index is 1.58. The highest BCUT2D eigenvalue weighted by Gasteiger charge is 2.22. The van der Waals surface area contributed by atoms with Crippen molar-refractivity contribution >= 4 is 17.7 Å². The van der Waals surface area contributed by atoms with Crippen molar-refractivity contribution in [3.63, 3.8) is 0 Å². The van der Waals surface area contributed by atoms with Gasteiger partial charge in [0.25, 0.3) is 0 Å². The summed E-state index contributed by atoms with van der Waals surface area (Å²) in [6, 6.07) is 8.06. The molecule has 1 aromatic rings. The van der Waals surface area contributed by atoms with E-state index in [2.05, 4.69) is 18.7 Å². The lowest BCUT2D eigenvalue weighted by atomic mass is 9.97. The molecule has 1 aliphatic rings. The van der Waals surface area contributed by atoms with Crippen LogP contribution in [0, 0.1) is 5.92 Å². The van der Waals surface area contributed by atoms with Gasteiger partial charge < -0.3 is 14.4 Å². The molecule has 0 bridgehead atoms. The molecule has 1 aromatic carbocycles. The SMILES string of the molecule is C=CCOCC1CCN(C(=O)CCCSc2ccc(OC)cc2)CC1. The fourth-order valence-corrected chi connectivity index (χ4v) is 3.76. The summed E-state index contributed by atoms with van der Waals surface area (Å²) in [7, 11) is 1.67. The van der Waals surface area contributed by atoms with E-state index in [9.17, 15) is 4.79 Å². The number of carbonyl (C=O) groups excluding carboxylic acids is 1. The van der Waals surface area contributed by atoms with Crippen molar-refractivity contribution in [1.29, 1.82) is 0 Å². The lowest BCUT2D eigenvalue weighted by molar-refractivity contribution is -0.132. The van der Waals surface area contributed by atoms with E-state index in [0.717, 1.165) is 50.5 Å². The van der Waals surface area contributed by atoms with Crippen LogP contribution >= 0.6 is 11.8 Å². The minimum absolute atomic E-state index is 0.292. The van der Waals surface area contributed by atoms with Crippen LogP contribution < -0.4 is 4.74 Å². The fourth-order valence-electron chi connectivity index (χ4n) is 2.91. The number of hydrogen-bond donors (Lipinski definition) is 0. The van der Waals surface area contributed by atoms with Gasteiger partial charge in [0.05, 0.1) is 13.7 Å². The Bertz CT molecular complexity index is 524. The average molecular weight is 364 g/mol. The van der Waals surface area contributed by atoms with Gasteiger partial charge in [-0.05, 0) is 55.2 Å². The normalized spacial score (nSPS) is 15.2. The third-order valence-corrected chi connectivity index (χ3v) is 5.52. The molecule has 1 amide bonds. The number of nitrogens with zero attached hydrogens (tertiary/aromatic N) is 1. The van der Waals surface area contributed by atoms with Crippen LogP contribution in [0.3, 0.4) is 0 Å². The largest absolute Gasteiger partial charge is 0.497 e. The van der Waals surface area contributed by atoms with Crippen molar-refractivity contribution in [2.45, 2.75) is 30.6 Å². The summed E-state index contributed by atoms with van der Waals surface area (Å²) < 4.78 is 10.7. The van der Waals surface area contributed by atoms with Crippen LogP contribution in [-0.4, -0.2) is 50.0 Å². The van der Waals surface area contributed by atoms with Gasteiger partial charge in [0.1, 0.15) is 5.75 Å². The predicted octanol–water partition coefficient (Wildman–Crippen LogP) is 4.01. The van der Waals surface area contributed by atoms with Crippen LogP contribution in [0.2, 0.25) is 0 Å². The number of amides is 1. The van der Waals surface area contributed by atoms with Crippen molar-refractivity contribution in [3.05, 3.63) is 36.9 Å². The second-order valence-electron chi connectivity index (χ2n) is 6.28. The van der Waals surface area contributed by atoms with E-state index in [1.54, 1.807) is 24.9 Å². The number of likely N-dealkylation sites (tertiary alicyclic amines) is 1. The van der Waals surface area contributed by atoms with Crippen LogP contribution in [0.15, 0.2) is 41.8 Å². The monoisotopic (exact) mass is 363 g/mol. The van der Waals surface area contributed by atoms with Crippen LogP contribution in [0.25, 0.3) is 0 Å². The van der Waals surface area contributed by atoms with E-state index in [0.29, 0.717) is 24.9 Å².